The standard InChI is InChI=1S/C16H30O5.2C4H9.Sn/c1-2-3-4-5-6-7-8-9-10-11-12-16(21,15(19)20)13-14(17)18;2*1-3-4-2;/h21H,2-13H2,1H3,(H,17,18)(H,19,20);2*1,3-4H2,2H3;. The fourth-order valence-corrected chi connectivity index (χ4v) is 7.31. The fraction of sp³-hybridized carbons (Fsp3) is 0.917. The van der Waals surface area contributed by atoms with Crippen LogP contribution in [0.5, 0.6) is 0 Å². The molecule has 0 bridgehead atoms. The molecule has 6 heteroatoms. The number of aliphatic hydroxyl groups is 1. The molecule has 0 aliphatic heterocycles. The van der Waals surface area contributed by atoms with Crippen molar-refractivity contribution in [2.75, 3.05) is 0 Å². The van der Waals surface area contributed by atoms with Crippen molar-refractivity contribution in [2.45, 2.75) is 138 Å². The van der Waals surface area contributed by atoms with E-state index in [9.17, 15) is 14.7 Å². The second-order valence-corrected chi connectivity index (χ2v) is 12.6. The van der Waals surface area contributed by atoms with Crippen LogP contribution in [0.25, 0.3) is 0 Å². The summed E-state index contributed by atoms with van der Waals surface area (Å²) in [6.07, 6.45) is 16.2. The van der Waals surface area contributed by atoms with E-state index in [2.05, 4.69) is 20.8 Å². The number of hydrogen-bond acceptors (Lipinski definition) is 3. The Morgan fingerprint density at radius 1 is 0.667 bits per heavy atom. The third-order valence-electron chi connectivity index (χ3n) is 5.20. The molecule has 0 saturated heterocycles. The Bertz CT molecular complexity index is 397. The van der Waals surface area contributed by atoms with Crippen LogP contribution in [0.15, 0.2) is 0 Å². The molecular formula is C24H48O5Sn. The maximum atomic E-state index is 10.9. The molecule has 0 aromatic rings. The van der Waals surface area contributed by atoms with Crippen LogP contribution in [0.4, 0.5) is 0 Å². The summed E-state index contributed by atoms with van der Waals surface area (Å²) in [7, 11) is 0. The van der Waals surface area contributed by atoms with Crippen LogP contribution >= 0.6 is 0 Å². The zero-order valence-corrected chi connectivity index (χ0v) is 22.7. The Balaban J connectivity index is 0. The summed E-state index contributed by atoms with van der Waals surface area (Å²) in [5.41, 5.74) is -2.12. The summed E-state index contributed by atoms with van der Waals surface area (Å²) in [5, 5.41) is 27.3. The van der Waals surface area contributed by atoms with Crippen molar-refractivity contribution in [1.29, 1.82) is 0 Å². The van der Waals surface area contributed by atoms with Crippen molar-refractivity contribution < 1.29 is 24.9 Å². The van der Waals surface area contributed by atoms with Crippen molar-refractivity contribution >= 4 is 33.1 Å². The summed E-state index contributed by atoms with van der Waals surface area (Å²) in [6, 6.07) is 0. The van der Waals surface area contributed by atoms with Crippen molar-refractivity contribution in [3.8, 4) is 0 Å². The molecule has 0 saturated carbocycles. The van der Waals surface area contributed by atoms with Gasteiger partial charge in [-0.2, -0.15) is 0 Å². The molecule has 178 valence electrons. The van der Waals surface area contributed by atoms with Gasteiger partial charge in [0.15, 0.2) is 5.60 Å². The van der Waals surface area contributed by atoms with E-state index in [0.717, 1.165) is 19.3 Å². The summed E-state index contributed by atoms with van der Waals surface area (Å²) in [6.45, 7) is 6.78. The first-order valence-electron chi connectivity index (χ1n) is 12.2. The number of hydrogen-bond donors (Lipinski definition) is 3. The van der Waals surface area contributed by atoms with Gasteiger partial charge in [-0.25, -0.2) is 4.79 Å². The average Bonchev–Trinajstić information content (AvgIpc) is 2.69. The molecule has 30 heavy (non-hydrogen) atoms. The number of aliphatic carboxylic acids is 2. The molecule has 0 heterocycles. The Morgan fingerprint density at radius 2 is 1.07 bits per heavy atom. The van der Waals surface area contributed by atoms with Crippen LogP contribution in [0.3, 0.4) is 0 Å². The van der Waals surface area contributed by atoms with E-state index in [4.69, 9.17) is 10.2 Å². The van der Waals surface area contributed by atoms with E-state index in [1.165, 1.54) is 64.2 Å². The average molecular weight is 535 g/mol. The molecule has 0 spiro atoms. The fourth-order valence-electron chi connectivity index (χ4n) is 3.15. The molecule has 0 fully saturated rings. The molecule has 0 aromatic carbocycles. The quantitative estimate of drug-likeness (QED) is 0.119. The number of carbonyl (C=O) groups is 2. The van der Waals surface area contributed by atoms with Crippen LogP contribution in [-0.4, -0.2) is 54.0 Å². The van der Waals surface area contributed by atoms with Crippen molar-refractivity contribution in [2.24, 2.45) is 0 Å². The molecule has 2 radical (unpaired) electrons. The Kier molecular flexibility index (Phi) is 24.8. The van der Waals surface area contributed by atoms with Crippen molar-refractivity contribution in [3.05, 3.63) is 0 Å². The molecular weight excluding hydrogens is 487 g/mol. The first-order valence-corrected chi connectivity index (χ1v) is 16.3. The van der Waals surface area contributed by atoms with Gasteiger partial charge in [0.05, 0.1) is 6.42 Å². The van der Waals surface area contributed by atoms with Gasteiger partial charge in [0.1, 0.15) is 0 Å². The zero-order chi connectivity index (χ0) is 23.1. The van der Waals surface area contributed by atoms with Gasteiger partial charge in [-0.1, -0.05) is 64.7 Å². The van der Waals surface area contributed by atoms with Gasteiger partial charge in [0, 0.05) is 0 Å². The predicted molar refractivity (Wildman–Crippen MR) is 126 cm³/mol. The number of unbranched alkanes of at least 4 members (excludes halogenated alkanes) is 11. The van der Waals surface area contributed by atoms with Crippen molar-refractivity contribution in [1.82, 2.24) is 0 Å². The molecule has 0 aliphatic carbocycles. The van der Waals surface area contributed by atoms with Gasteiger partial charge in [0.2, 0.25) is 0 Å². The van der Waals surface area contributed by atoms with Crippen LogP contribution in [0.1, 0.15) is 124 Å². The second kappa shape index (κ2) is 23.4. The van der Waals surface area contributed by atoms with Gasteiger partial charge in [0.25, 0.3) is 0 Å². The summed E-state index contributed by atoms with van der Waals surface area (Å²) < 4.78 is 3.25. The normalized spacial score (nSPS) is 12.7. The Labute approximate surface area is 195 Å². The molecule has 5 nitrogen and oxygen atoms in total. The van der Waals surface area contributed by atoms with Crippen LogP contribution in [0.2, 0.25) is 8.87 Å². The molecule has 3 N–H and O–H groups in total. The maximum absolute atomic E-state index is 10.9. The predicted octanol–water partition coefficient (Wildman–Crippen LogP) is 6.72. The Morgan fingerprint density at radius 3 is 1.43 bits per heavy atom. The Hall–Kier alpha value is -0.301. The van der Waals surface area contributed by atoms with E-state index in [1.807, 2.05) is 0 Å². The van der Waals surface area contributed by atoms with Gasteiger partial charge >= 0.3 is 81.5 Å². The SMILES string of the molecule is CCCCCCCCCCCCC(O)(CC(=O)O)C(=O)O.CCC[CH2][Sn][CH2]CCC. The van der Waals surface area contributed by atoms with Crippen LogP contribution in [0, 0.1) is 0 Å². The van der Waals surface area contributed by atoms with Crippen LogP contribution in [-0.2, 0) is 9.59 Å². The minimum atomic E-state index is -2.12. The molecule has 0 aliphatic rings. The van der Waals surface area contributed by atoms with Gasteiger partial charge in [-0.3, -0.25) is 4.79 Å². The molecule has 0 rings (SSSR count). The van der Waals surface area contributed by atoms with Gasteiger partial charge in [-0.15, -0.1) is 0 Å². The van der Waals surface area contributed by atoms with Crippen LogP contribution < -0.4 is 0 Å². The minimum absolute atomic E-state index is 0.00509. The first-order chi connectivity index (χ1) is 14.3. The molecule has 1 unspecified atom stereocenters. The van der Waals surface area contributed by atoms with E-state index >= 15 is 0 Å². The summed E-state index contributed by atoms with van der Waals surface area (Å²) in [5.74, 6) is -2.73. The van der Waals surface area contributed by atoms with Gasteiger partial charge in [-0.05, 0) is 12.8 Å². The topological polar surface area (TPSA) is 94.8 Å². The first kappa shape index (κ1) is 31.9. The third kappa shape index (κ3) is 22.4. The number of rotatable bonds is 20. The van der Waals surface area contributed by atoms with Gasteiger partial charge < -0.3 is 15.3 Å². The van der Waals surface area contributed by atoms with E-state index < -0.39 is 24.0 Å². The summed E-state index contributed by atoms with van der Waals surface area (Å²) in [4.78, 5) is 21.5. The zero-order valence-electron chi connectivity index (χ0n) is 19.9. The number of carboxylic acids is 2. The second-order valence-electron chi connectivity index (χ2n) is 8.30. The van der Waals surface area contributed by atoms with E-state index in [1.54, 1.807) is 8.87 Å². The van der Waals surface area contributed by atoms with E-state index in [-0.39, 0.29) is 27.6 Å². The van der Waals surface area contributed by atoms with Crippen molar-refractivity contribution in [3.63, 3.8) is 0 Å². The molecule has 1 atom stereocenters. The summed E-state index contributed by atoms with van der Waals surface area (Å²) >= 11 is 0.149. The third-order valence-corrected chi connectivity index (χ3v) is 9.24. The number of carboxylic acid groups (broad SMARTS) is 2. The monoisotopic (exact) mass is 536 g/mol. The van der Waals surface area contributed by atoms with E-state index in [0.29, 0.717) is 6.42 Å². The molecule has 0 aromatic heterocycles. The molecule has 0 amide bonds.